The summed E-state index contributed by atoms with van der Waals surface area (Å²) in [5, 5.41) is 3.97. The first-order valence-corrected chi connectivity index (χ1v) is 6.99. The maximum atomic E-state index is 5.72. The molecule has 0 fully saturated rings. The number of rotatable bonds is 5. The predicted molar refractivity (Wildman–Crippen MR) is 76.6 cm³/mol. The van der Waals surface area contributed by atoms with Gasteiger partial charge in [-0.1, -0.05) is 6.92 Å². The minimum atomic E-state index is 0.669. The lowest BCUT2D eigenvalue weighted by Crippen LogP contribution is -2.08. The summed E-state index contributed by atoms with van der Waals surface area (Å²) in [6, 6.07) is 5.69. The molecule has 4 nitrogen and oxygen atoms in total. The smallest absolute Gasteiger partial charge is 0.201 e. The molecule has 0 aliphatic carbocycles. The van der Waals surface area contributed by atoms with Crippen LogP contribution in [0.1, 0.15) is 13.3 Å². The third kappa shape index (κ3) is 3.06. The largest absolute Gasteiger partial charge is 0.399 e. The van der Waals surface area contributed by atoms with Crippen LogP contribution in [0.2, 0.25) is 0 Å². The molecule has 2 aromatic rings. The fraction of sp³-hybridized carbons (Fsp3) is 0.417. The molecular weight excluding hydrogens is 232 g/mol. The molecule has 5 heteroatoms. The third-order valence-corrected chi connectivity index (χ3v) is 3.79. The fourth-order valence-corrected chi connectivity index (χ4v) is 1.98. The van der Waals surface area contributed by atoms with Gasteiger partial charge in [0.05, 0.1) is 11.0 Å². The Morgan fingerprint density at radius 3 is 3.12 bits per heavy atom. The predicted octanol–water partition coefficient (Wildman–Crippen LogP) is 2.70. The summed E-state index contributed by atoms with van der Waals surface area (Å²) >= 11 is 1.88. The maximum absolute atomic E-state index is 5.72. The number of hydrogen-bond donors (Lipinski definition) is 3. The van der Waals surface area contributed by atoms with Gasteiger partial charge >= 0.3 is 0 Å². The van der Waals surface area contributed by atoms with Crippen molar-refractivity contribution in [2.24, 2.45) is 0 Å². The Balaban J connectivity index is 1.99. The monoisotopic (exact) mass is 250 g/mol. The Kier molecular flexibility index (Phi) is 3.78. The van der Waals surface area contributed by atoms with Gasteiger partial charge in [-0.15, -0.1) is 0 Å². The second kappa shape index (κ2) is 5.31. The van der Waals surface area contributed by atoms with E-state index in [0.717, 1.165) is 35.6 Å². The second-order valence-electron chi connectivity index (χ2n) is 4.12. The van der Waals surface area contributed by atoms with Crippen LogP contribution in [0.15, 0.2) is 18.2 Å². The van der Waals surface area contributed by atoms with Crippen LogP contribution in [0, 0.1) is 0 Å². The number of aromatic amines is 1. The summed E-state index contributed by atoms with van der Waals surface area (Å²) in [4.78, 5) is 7.67. The van der Waals surface area contributed by atoms with E-state index in [9.17, 15) is 0 Å². The molecule has 92 valence electrons. The van der Waals surface area contributed by atoms with Gasteiger partial charge in [0.2, 0.25) is 5.95 Å². The lowest BCUT2D eigenvalue weighted by Gasteiger charge is -2.07. The van der Waals surface area contributed by atoms with Crippen LogP contribution >= 0.6 is 11.8 Å². The van der Waals surface area contributed by atoms with Crippen molar-refractivity contribution < 1.29 is 0 Å². The molecule has 1 heterocycles. The highest BCUT2D eigenvalue weighted by atomic mass is 32.2. The van der Waals surface area contributed by atoms with Crippen LogP contribution in [0.4, 0.5) is 11.6 Å². The summed E-state index contributed by atoms with van der Waals surface area (Å²) in [5.74, 6) is 0.818. The summed E-state index contributed by atoms with van der Waals surface area (Å²) in [7, 11) is 0. The minimum absolute atomic E-state index is 0.669. The van der Waals surface area contributed by atoms with E-state index < -0.39 is 0 Å². The number of nitrogen functional groups attached to an aromatic ring is 1. The third-order valence-electron chi connectivity index (χ3n) is 2.75. The highest BCUT2D eigenvalue weighted by Gasteiger charge is 2.03. The molecule has 0 aliphatic heterocycles. The van der Waals surface area contributed by atoms with E-state index in [0.29, 0.717) is 5.25 Å². The Bertz CT molecular complexity index is 494. The topological polar surface area (TPSA) is 66.7 Å². The number of imidazole rings is 1. The average molecular weight is 250 g/mol. The first kappa shape index (κ1) is 12.1. The van der Waals surface area contributed by atoms with Crippen molar-refractivity contribution in [2.75, 3.05) is 23.9 Å². The standard InChI is InChI=1S/C12H18N4S/c1-8(17-2)5-6-14-12-15-10-4-3-9(13)7-11(10)16-12/h3-4,7-8H,5-6,13H2,1-2H3,(H2,14,15,16). The normalized spacial score (nSPS) is 12.8. The van der Waals surface area contributed by atoms with E-state index in [2.05, 4.69) is 28.5 Å². The maximum Gasteiger partial charge on any atom is 0.201 e. The number of aromatic nitrogens is 2. The molecule has 0 spiro atoms. The molecule has 1 aromatic heterocycles. The van der Waals surface area contributed by atoms with Crippen LogP contribution in [0.3, 0.4) is 0 Å². The number of hydrogen-bond acceptors (Lipinski definition) is 4. The van der Waals surface area contributed by atoms with Gasteiger partial charge in [0.15, 0.2) is 0 Å². The molecule has 1 unspecified atom stereocenters. The quantitative estimate of drug-likeness (QED) is 0.714. The molecule has 2 rings (SSSR count). The minimum Gasteiger partial charge on any atom is -0.399 e. The van der Waals surface area contributed by atoms with Gasteiger partial charge in [-0.05, 0) is 30.9 Å². The van der Waals surface area contributed by atoms with Crippen molar-refractivity contribution in [2.45, 2.75) is 18.6 Å². The number of H-pyrrole nitrogens is 1. The van der Waals surface area contributed by atoms with Gasteiger partial charge in [-0.3, -0.25) is 0 Å². The Morgan fingerprint density at radius 1 is 1.53 bits per heavy atom. The highest BCUT2D eigenvalue weighted by molar-refractivity contribution is 7.99. The van der Waals surface area contributed by atoms with E-state index in [4.69, 9.17) is 5.73 Å². The molecule has 0 radical (unpaired) electrons. The summed E-state index contributed by atoms with van der Waals surface area (Å²) in [6.45, 7) is 3.16. The van der Waals surface area contributed by atoms with E-state index in [-0.39, 0.29) is 0 Å². The number of nitrogens with zero attached hydrogens (tertiary/aromatic N) is 1. The Hall–Kier alpha value is -1.36. The summed E-state index contributed by atoms with van der Waals surface area (Å²) < 4.78 is 0. The Labute approximate surface area is 105 Å². The molecule has 1 aromatic carbocycles. The molecule has 0 bridgehead atoms. The number of nitrogens with two attached hydrogens (primary N) is 1. The van der Waals surface area contributed by atoms with Gasteiger partial charge < -0.3 is 16.0 Å². The first-order valence-electron chi connectivity index (χ1n) is 5.71. The number of thioether (sulfide) groups is 1. The van der Waals surface area contributed by atoms with Crippen molar-refractivity contribution in [1.29, 1.82) is 0 Å². The molecule has 0 saturated heterocycles. The van der Waals surface area contributed by atoms with Crippen molar-refractivity contribution in [3.8, 4) is 0 Å². The van der Waals surface area contributed by atoms with E-state index >= 15 is 0 Å². The lowest BCUT2D eigenvalue weighted by molar-refractivity contribution is 0.848. The zero-order valence-electron chi connectivity index (χ0n) is 10.2. The van der Waals surface area contributed by atoms with Crippen molar-refractivity contribution in [3.05, 3.63) is 18.2 Å². The van der Waals surface area contributed by atoms with Crippen LogP contribution in [0.25, 0.3) is 11.0 Å². The average Bonchev–Trinajstić information content (AvgIpc) is 2.70. The van der Waals surface area contributed by atoms with Gasteiger partial charge in [0, 0.05) is 17.5 Å². The van der Waals surface area contributed by atoms with Crippen LogP contribution in [-0.4, -0.2) is 28.0 Å². The Morgan fingerprint density at radius 2 is 2.35 bits per heavy atom. The number of benzene rings is 1. The molecule has 17 heavy (non-hydrogen) atoms. The molecular formula is C12H18N4S. The number of anilines is 2. The highest BCUT2D eigenvalue weighted by Crippen LogP contribution is 2.17. The van der Waals surface area contributed by atoms with E-state index in [1.54, 1.807) is 0 Å². The lowest BCUT2D eigenvalue weighted by atomic mass is 10.3. The van der Waals surface area contributed by atoms with Crippen LogP contribution in [0.5, 0.6) is 0 Å². The second-order valence-corrected chi connectivity index (χ2v) is 5.40. The molecule has 0 saturated carbocycles. The van der Waals surface area contributed by atoms with Crippen molar-refractivity contribution in [3.63, 3.8) is 0 Å². The van der Waals surface area contributed by atoms with Gasteiger partial charge in [0.25, 0.3) is 0 Å². The first-order chi connectivity index (χ1) is 8.19. The van der Waals surface area contributed by atoms with E-state index in [1.807, 2.05) is 30.0 Å². The van der Waals surface area contributed by atoms with Gasteiger partial charge in [0.1, 0.15) is 0 Å². The number of fused-ring (bicyclic) bond motifs is 1. The SMILES string of the molecule is CSC(C)CCNc1nc2ccc(N)cc2[nH]1. The van der Waals surface area contributed by atoms with Crippen LogP contribution in [-0.2, 0) is 0 Å². The van der Waals surface area contributed by atoms with Gasteiger partial charge in [-0.25, -0.2) is 4.98 Å². The van der Waals surface area contributed by atoms with Gasteiger partial charge in [-0.2, -0.15) is 11.8 Å². The van der Waals surface area contributed by atoms with Crippen molar-refractivity contribution >= 4 is 34.4 Å². The summed E-state index contributed by atoms with van der Waals surface area (Å²) in [6.07, 6.45) is 3.26. The molecule has 4 N–H and O–H groups in total. The zero-order valence-corrected chi connectivity index (χ0v) is 11.0. The summed E-state index contributed by atoms with van der Waals surface area (Å²) in [5.41, 5.74) is 8.39. The van der Waals surface area contributed by atoms with E-state index in [1.165, 1.54) is 0 Å². The molecule has 1 atom stereocenters. The zero-order chi connectivity index (χ0) is 12.3. The molecule has 0 aliphatic rings. The molecule has 0 amide bonds. The number of nitrogens with one attached hydrogen (secondary N) is 2. The van der Waals surface area contributed by atoms with Crippen LogP contribution < -0.4 is 11.1 Å². The van der Waals surface area contributed by atoms with Crippen molar-refractivity contribution in [1.82, 2.24) is 9.97 Å². The fourth-order valence-electron chi connectivity index (χ4n) is 1.62.